The van der Waals surface area contributed by atoms with E-state index in [2.05, 4.69) is 11.4 Å². The van der Waals surface area contributed by atoms with E-state index in [0.29, 0.717) is 29.3 Å². The molecule has 3 aromatic carbocycles. The summed E-state index contributed by atoms with van der Waals surface area (Å²) in [7, 11) is 0. The van der Waals surface area contributed by atoms with Crippen molar-refractivity contribution >= 4 is 34.9 Å². The van der Waals surface area contributed by atoms with Crippen molar-refractivity contribution < 1.29 is 28.7 Å². The van der Waals surface area contributed by atoms with Gasteiger partial charge in [0.2, 0.25) is 18.6 Å². The minimum absolute atomic E-state index is 0.115. The molecule has 2 aliphatic heterocycles. The maximum Gasteiger partial charge on any atom is 0.299 e. The fourth-order valence-corrected chi connectivity index (χ4v) is 5.66. The van der Waals surface area contributed by atoms with Gasteiger partial charge in [0.15, 0.2) is 11.5 Å². The quantitative estimate of drug-likeness (QED) is 0.330. The molecule has 41 heavy (non-hydrogen) atoms. The Hall–Kier alpha value is -4.92. The summed E-state index contributed by atoms with van der Waals surface area (Å²) in [5.74, 6) is -1.16. The standard InChI is InChI=1S/C32H29N3O6/c36-28(19-34-25-14-8-7-13-24(25)30(37)32(34)39)35(18-21-9-3-1-4-10-21)29(22-11-5-2-6-12-22)31(38)33-23-15-16-26-27(17-23)41-20-40-26/h1-5,7-10,13-17,22,29H,6,11-12,18-20H2,(H,33,38)/t22-,29-/m1/s1. The third kappa shape index (κ3) is 5.30. The molecule has 0 saturated carbocycles. The van der Waals surface area contributed by atoms with E-state index >= 15 is 0 Å². The maximum atomic E-state index is 14.1. The lowest BCUT2D eigenvalue weighted by Gasteiger charge is -2.37. The molecule has 3 aromatic rings. The lowest BCUT2D eigenvalue weighted by atomic mass is 9.85. The normalized spacial score (nSPS) is 17.8. The molecule has 0 unspecified atom stereocenters. The molecule has 0 fully saturated rings. The largest absolute Gasteiger partial charge is 0.454 e. The number of nitrogens with zero attached hydrogens (tertiary/aromatic N) is 2. The minimum Gasteiger partial charge on any atom is -0.454 e. The van der Waals surface area contributed by atoms with Crippen LogP contribution < -0.4 is 19.7 Å². The smallest absolute Gasteiger partial charge is 0.299 e. The van der Waals surface area contributed by atoms with Crippen molar-refractivity contribution in [1.82, 2.24) is 4.90 Å². The highest BCUT2D eigenvalue weighted by atomic mass is 16.7. The van der Waals surface area contributed by atoms with Gasteiger partial charge in [0.1, 0.15) is 12.6 Å². The first-order chi connectivity index (χ1) is 20.0. The Bertz CT molecular complexity index is 1540. The third-order valence-electron chi connectivity index (χ3n) is 7.69. The van der Waals surface area contributed by atoms with Crippen molar-refractivity contribution in [3.63, 3.8) is 0 Å². The monoisotopic (exact) mass is 551 g/mol. The topological polar surface area (TPSA) is 105 Å². The molecule has 9 heteroatoms. The van der Waals surface area contributed by atoms with E-state index in [1.165, 1.54) is 4.90 Å². The Labute approximate surface area is 237 Å². The summed E-state index contributed by atoms with van der Waals surface area (Å²) in [4.78, 5) is 56.5. The molecular weight excluding hydrogens is 522 g/mol. The van der Waals surface area contributed by atoms with Gasteiger partial charge in [0, 0.05) is 18.3 Å². The van der Waals surface area contributed by atoms with Crippen molar-refractivity contribution in [3.05, 3.63) is 96.1 Å². The van der Waals surface area contributed by atoms with Crippen LogP contribution in [0.5, 0.6) is 11.5 Å². The molecule has 2 heterocycles. The van der Waals surface area contributed by atoms with Gasteiger partial charge in [-0.3, -0.25) is 24.1 Å². The number of nitrogens with one attached hydrogen (secondary N) is 1. The zero-order valence-corrected chi connectivity index (χ0v) is 22.3. The summed E-state index contributed by atoms with van der Waals surface area (Å²) >= 11 is 0. The molecule has 0 radical (unpaired) electrons. The number of amides is 3. The van der Waals surface area contributed by atoms with Gasteiger partial charge in [-0.2, -0.15) is 0 Å². The van der Waals surface area contributed by atoms with Gasteiger partial charge in [-0.25, -0.2) is 0 Å². The summed E-state index contributed by atoms with van der Waals surface area (Å²) in [6.07, 6.45) is 6.26. The van der Waals surface area contributed by atoms with E-state index in [9.17, 15) is 19.2 Å². The fourth-order valence-electron chi connectivity index (χ4n) is 5.66. The number of ether oxygens (including phenoxy) is 2. The highest BCUT2D eigenvalue weighted by Gasteiger charge is 2.41. The average molecular weight is 552 g/mol. The van der Waals surface area contributed by atoms with Gasteiger partial charge in [-0.15, -0.1) is 0 Å². The van der Waals surface area contributed by atoms with Crippen LogP contribution in [0.3, 0.4) is 0 Å². The number of carbonyl (C=O) groups excluding carboxylic acids is 4. The zero-order valence-electron chi connectivity index (χ0n) is 22.3. The Morgan fingerprint density at radius 3 is 2.54 bits per heavy atom. The summed E-state index contributed by atoms with van der Waals surface area (Å²) in [6, 6.07) is 20.4. The van der Waals surface area contributed by atoms with E-state index in [-0.39, 0.29) is 37.3 Å². The third-order valence-corrected chi connectivity index (χ3v) is 7.69. The number of hydrogen-bond donors (Lipinski definition) is 1. The average Bonchev–Trinajstić information content (AvgIpc) is 3.56. The zero-order chi connectivity index (χ0) is 28.3. The van der Waals surface area contributed by atoms with Crippen LogP contribution in [0.2, 0.25) is 0 Å². The number of Topliss-reactive ketones (excluding diaryl/α,β-unsaturated/α-hetero) is 1. The summed E-state index contributed by atoms with van der Waals surface area (Å²) < 4.78 is 10.9. The Morgan fingerprint density at radius 1 is 0.951 bits per heavy atom. The van der Waals surface area contributed by atoms with Gasteiger partial charge < -0.3 is 19.7 Å². The molecule has 3 aliphatic rings. The number of allylic oxidation sites excluding steroid dienone is 2. The van der Waals surface area contributed by atoms with Crippen molar-refractivity contribution in [2.24, 2.45) is 5.92 Å². The number of benzene rings is 3. The molecule has 1 aliphatic carbocycles. The second kappa shape index (κ2) is 11.3. The van der Waals surface area contributed by atoms with Crippen molar-refractivity contribution in [2.75, 3.05) is 23.6 Å². The highest BCUT2D eigenvalue weighted by Crippen LogP contribution is 2.35. The second-order valence-corrected chi connectivity index (χ2v) is 10.3. The summed E-state index contributed by atoms with van der Waals surface area (Å²) in [5.41, 5.74) is 2.04. The molecule has 0 spiro atoms. The van der Waals surface area contributed by atoms with Crippen LogP contribution in [0, 0.1) is 5.92 Å². The summed E-state index contributed by atoms with van der Waals surface area (Å²) in [6.45, 7) is -0.0779. The highest BCUT2D eigenvalue weighted by molar-refractivity contribution is 6.52. The maximum absolute atomic E-state index is 14.1. The lowest BCUT2D eigenvalue weighted by Crippen LogP contribution is -2.54. The molecule has 1 N–H and O–H groups in total. The molecule has 3 amide bonds. The lowest BCUT2D eigenvalue weighted by molar-refractivity contribution is -0.140. The minimum atomic E-state index is -0.832. The van der Waals surface area contributed by atoms with Gasteiger partial charge in [0.05, 0.1) is 11.3 Å². The van der Waals surface area contributed by atoms with Crippen LogP contribution in [-0.4, -0.2) is 47.8 Å². The number of anilines is 2. The molecule has 2 atom stereocenters. The van der Waals surface area contributed by atoms with Crippen LogP contribution in [0.4, 0.5) is 11.4 Å². The van der Waals surface area contributed by atoms with Crippen LogP contribution in [0.15, 0.2) is 84.9 Å². The molecule has 9 nitrogen and oxygen atoms in total. The number of para-hydroxylation sites is 1. The fraction of sp³-hybridized carbons (Fsp3) is 0.250. The van der Waals surface area contributed by atoms with Gasteiger partial charge in [-0.1, -0.05) is 54.6 Å². The van der Waals surface area contributed by atoms with Crippen LogP contribution >= 0.6 is 0 Å². The van der Waals surface area contributed by atoms with E-state index in [0.717, 1.165) is 18.4 Å². The van der Waals surface area contributed by atoms with Crippen LogP contribution in [0.25, 0.3) is 0 Å². The molecule has 6 rings (SSSR count). The molecule has 0 aromatic heterocycles. The van der Waals surface area contributed by atoms with E-state index in [1.54, 1.807) is 47.4 Å². The van der Waals surface area contributed by atoms with Gasteiger partial charge in [0.25, 0.3) is 11.7 Å². The number of hydrogen-bond acceptors (Lipinski definition) is 6. The molecule has 208 valence electrons. The molecular formula is C32H29N3O6. The van der Waals surface area contributed by atoms with Gasteiger partial charge >= 0.3 is 0 Å². The number of carbonyl (C=O) groups is 4. The molecule has 0 bridgehead atoms. The summed E-state index contributed by atoms with van der Waals surface area (Å²) in [5, 5.41) is 2.99. The van der Waals surface area contributed by atoms with Crippen molar-refractivity contribution in [1.29, 1.82) is 0 Å². The van der Waals surface area contributed by atoms with E-state index in [4.69, 9.17) is 9.47 Å². The first-order valence-corrected chi connectivity index (χ1v) is 13.6. The Balaban J connectivity index is 1.33. The number of rotatable bonds is 8. The predicted octanol–water partition coefficient (Wildman–Crippen LogP) is 4.34. The SMILES string of the molecule is O=C1C(=O)N(CC(=O)N(Cc2ccccc2)[C@@H](C(=O)Nc2ccc3c(c2)OCO3)[C@@H]2CC=CCC2)c2ccccc21. The van der Waals surface area contributed by atoms with Crippen LogP contribution in [0.1, 0.15) is 35.2 Å². The van der Waals surface area contributed by atoms with Gasteiger partial charge in [-0.05, 0) is 55.0 Å². The second-order valence-electron chi connectivity index (χ2n) is 10.3. The number of ketones is 1. The first-order valence-electron chi connectivity index (χ1n) is 13.6. The number of fused-ring (bicyclic) bond motifs is 2. The Kier molecular flexibility index (Phi) is 7.24. The van der Waals surface area contributed by atoms with E-state index < -0.39 is 23.6 Å². The Morgan fingerprint density at radius 2 is 1.73 bits per heavy atom. The molecule has 0 saturated heterocycles. The van der Waals surface area contributed by atoms with Crippen molar-refractivity contribution in [2.45, 2.75) is 31.8 Å². The predicted molar refractivity (Wildman–Crippen MR) is 152 cm³/mol. The van der Waals surface area contributed by atoms with Crippen LogP contribution in [-0.2, 0) is 20.9 Å². The van der Waals surface area contributed by atoms with Crippen molar-refractivity contribution in [3.8, 4) is 11.5 Å². The van der Waals surface area contributed by atoms with E-state index in [1.807, 2.05) is 36.4 Å². The first kappa shape index (κ1) is 26.3.